The summed E-state index contributed by atoms with van der Waals surface area (Å²) < 4.78 is 1.98. The molecule has 0 fully saturated rings. The number of Topliss-reactive ketones (excluding diaryl/α,β-unsaturated/α-hetero) is 1. The van der Waals surface area contributed by atoms with Crippen LogP contribution < -0.4 is 4.57 Å². The minimum absolute atomic E-state index is 0.110. The summed E-state index contributed by atoms with van der Waals surface area (Å²) in [5.41, 5.74) is 4.38. The van der Waals surface area contributed by atoms with Crippen LogP contribution >= 0.6 is 0 Å². The van der Waals surface area contributed by atoms with Crippen molar-refractivity contribution < 1.29 is 9.36 Å². The smallest absolute Gasteiger partial charge is 0.227 e. The van der Waals surface area contributed by atoms with E-state index in [1.54, 1.807) is 0 Å². The number of ketones is 1. The van der Waals surface area contributed by atoms with Crippen molar-refractivity contribution in [1.82, 2.24) is 0 Å². The second-order valence-corrected chi connectivity index (χ2v) is 6.85. The molecule has 0 aliphatic heterocycles. The SMILES string of the molecule is O=C(C[n+]1cccc(C(c2ccccc2)c2ccccc2)c1)c1ccccc1. The van der Waals surface area contributed by atoms with Gasteiger partial charge in [0.2, 0.25) is 12.3 Å². The molecular formula is C26H22NO+. The lowest BCUT2D eigenvalue weighted by Crippen LogP contribution is -2.38. The molecule has 0 N–H and O–H groups in total. The number of aromatic nitrogens is 1. The van der Waals surface area contributed by atoms with Gasteiger partial charge in [-0.05, 0) is 17.2 Å². The third-order valence-electron chi connectivity index (χ3n) is 4.90. The molecule has 0 bridgehead atoms. The van der Waals surface area contributed by atoms with E-state index in [2.05, 4.69) is 60.8 Å². The van der Waals surface area contributed by atoms with Crippen molar-refractivity contribution in [3.8, 4) is 0 Å². The number of pyridine rings is 1. The monoisotopic (exact) mass is 364 g/mol. The van der Waals surface area contributed by atoms with Gasteiger partial charge in [0.15, 0.2) is 12.4 Å². The molecule has 0 atom stereocenters. The van der Waals surface area contributed by atoms with Gasteiger partial charge in [-0.3, -0.25) is 4.79 Å². The zero-order chi connectivity index (χ0) is 19.2. The van der Waals surface area contributed by atoms with Crippen LogP contribution in [0.4, 0.5) is 0 Å². The first kappa shape index (κ1) is 17.9. The van der Waals surface area contributed by atoms with Gasteiger partial charge in [0.05, 0.1) is 0 Å². The van der Waals surface area contributed by atoms with E-state index in [0.717, 1.165) is 5.56 Å². The highest BCUT2D eigenvalue weighted by Crippen LogP contribution is 2.30. The van der Waals surface area contributed by atoms with Crippen LogP contribution in [0.1, 0.15) is 33.0 Å². The van der Waals surface area contributed by atoms with Gasteiger partial charge in [-0.15, -0.1) is 0 Å². The van der Waals surface area contributed by atoms with Crippen LogP contribution in [0.3, 0.4) is 0 Å². The quantitative estimate of drug-likeness (QED) is 0.347. The van der Waals surface area contributed by atoms with Gasteiger partial charge in [0.25, 0.3) is 0 Å². The molecule has 4 rings (SSSR count). The molecule has 28 heavy (non-hydrogen) atoms. The predicted molar refractivity (Wildman–Crippen MR) is 111 cm³/mol. The Morgan fingerprint density at radius 1 is 0.643 bits per heavy atom. The maximum atomic E-state index is 12.6. The maximum Gasteiger partial charge on any atom is 0.227 e. The highest BCUT2D eigenvalue weighted by atomic mass is 16.1. The molecule has 4 aromatic rings. The molecule has 1 aromatic heterocycles. The normalized spacial score (nSPS) is 10.8. The van der Waals surface area contributed by atoms with Gasteiger partial charge in [0.1, 0.15) is 0 Å². The molecule has 0 aliphatic carbocycles. The van der Waals surface area contributed by atoms with E-state index < -0.39 is 0 Å². The fourth-order valence-electron chi connectivity index (χ4n) is 3.56. The van der Waals surface area contributed by atoms with Crippen LogP contribution in [-0.4, -0.2) is 5.78 Å². The molecule has 136 valence electrons. The third-order valence-corrected chi connectivity index (χ3v) is 4.90. The van der Waals surface area contributed by atoms with E-state index in [-0.39, 0.29) is 11.7 Å². The first-order valence-electron chi connectivity index (χ1n) is 9.48. The van der Waals surface area contributed by atoms with Gasteiger partial charge < -0.3 is 0 Å². The van der Waals surface area contributed by atoms with E-state index >= 15 is 0 Å². The number of nitrogens with zero attached hydrogens (tertiary/aromatic N) is 1. The predicted octanol–water partition coefficient (Wildman–Crippen LogP) is 5.04. The molecular weight excluding hydrogens is 342 g/mol. The molecule has 2 nitrogen and oxygen atoms in total. The Morgan fingerprint density at radius 2 is 1.14 bits per heavy atom. The first-order valence-corrected chi connectivity index (χ1v) is 9.48. The second kappa shape index (κ2) is 8.45. The number of hydrogen-bond donors (Lipinski definition) is 0. The molecule has 0 saturated heterocycles. The second-order valence-electron chi connectivity index (χ2n) is 6.85. The fourth-order valence-corrected chi connectivity index (χ4v) is 3.56. The summed E-state index contributed by atoms with van der Waals surface area (Å²) in [6.07, 6.45) is 4.04. The lowest BCUT2D eigenvalue weighted by molar-refractivity contribution is -0.683. The Morgan fingerprint density at radius 3 is 1.71 bits per heavy atom. The number of hydrogen-bond acceptors (Lipinski definition) is 1. The molecule has 0 aliphatic rings. The van der Waals surface area contributed by atoms with Crippen molar-refractivity contribution in [3.63, 3.8) is 0 Å². The van der Waals surface area contributed by atoms with E-state index in [1.165, 1.54) is 16.7 Å². The largest absolute Gasteiger partial charge is 0.287 e. The first-order chi connectivity index (χ1) is 13.8. The highest BCUT2D eigenvalue weighted by Gasteiger charge is 2.20. The van der Waals surface area contributed by atoms with Crippen LogP contribution in [0, 0.1) is 0 Å². The number of carbonyl (C=O) groups is 1. The minimum atomic E-state index is 0.110. The Balaban J connectivity index is 1.68. The zero-order valence-corrected chi connectivity index (χ0v) is 15.6. The molecule has 0 amide bonds. The summed E-state index contributed by atoms with van der Waals surface area (Å²) in [6.45, 7) is 0.328. The highest BCUT2D eigenvalue weighted by molar-refractivity contribution is 5.94. The Bertz CT molecular complexity index is 1000. The molecule has 3 aromatic carbocycles. The van der Waals surface area contributed by atoms with E-state index in [4.69, 9.17) is 0 Å². The van der Waals surface area contributed by atoms with Gasteiger partial charge in [-0.25, -0.2) is 0 Å². The van der Waals surface area contributed by atoms with Crippen LogP contribution in [0.15, 0.2) is 116 Å². The lowest BCUT2D eigenvalue weighted by Gasteiger charge is -2.17. The van der Waals surface area contributed by atoms with Crippen molar-refractivity contribution in [1.29, 1.82) is 0 Å². The Hall–Kier alpha value is -3.52. The summed E-state index contributed by atoms with van der Waals surface area (Å²) in [5, 5.41) is 0. The van der Waals surface area contributed by atoms with Gasteiger partial charge in [-0.1, -0.05) is 91.0 Å². The summed E-state index contributed by atoms with van der Waals surface area (Å²) >= 11 is 0. The van der Waals surface area contributed by atoms with Crippen molar-refractivity contribution in [2.45, 2.75) is 12.5 Å². The van der Waals surface area contributed by atoms with Crippen LogP contribution in [-0.2, 0) is 6.54 Å². The van der Waals surface area contributed by atoms with Crippen molar-refractivity contribution >= 4 is 5.78 Å². The van der Waals surface area contributed by atoms with E-state index in [0.29, 0.717) is 6.54 Å². The van der Waals surface area contributed by atoms with Crippen molar-refractivity contribution in [2.24, 2.45) is 0 Å². The summed E-state index contributed by atoms with van der Waals surface area (Å²) in [4.78, 5) is 12.6. The number of rotatable bonds is 6. The summed E-state index contributed by atoms with van der Waals surface area (Å²) in [5.74, 6) is 0.236. The summed E-state index contributed by atoms with van der Waals surface area (Å²) in [7, 11) is 0. The fraction of sp³-hybridized carbons (Fsp3) is 0.0769. The molecule has 1 heterocycles. The van der Waals surface area contributed by atoms with Gasteiger partial charge in [-0.2, -0.15) is 4.57 Å². The van der Waals surface area contributed by atoms with E-state index in [1.807, 2.05) is 59.3 Å². The summed E-state index contributed by atoms with van der Waals surface area (Å²) in [6, 6.07) is 34.6. The standard InChI is InChI=1S/C26H22NO/c28-25(21-11-4-1-5-12-21)20-27-18-10-17-24(19-27)26(22-13-6-2-7-14-22)23-15-8-3-9-16-23/h1-19,26H,20H2/q+1. The molecule has 0 radical (unpaired) electrons. The molecule has 0 spiro atoms. The van der Waals surface area contributed by atoms with E-state index in [9.17, 15) is 4.79 Å². The number of carbonyl (C=O) groups excluding carboxylic acids is 1. The van der Waals surface area contributed by atoms with Crippen LogP contribution in [0.5, 0.6) is 0 Å². The van der Waals surface area contributed by atoms with Crippen LogP contribution in [0.2, 0.25) is 0 Å². The maximum absolute atomic E-state index is 12.6. The van der Waals surface area contributed by atoms with Crippen LogP contribution in [0.25, 0.3) is 0 Å². The van der Waals surface area contributed by atoms with Crippen molar-refractivity contribution in [3.05, 3.63) is 138 Å². The topological polar surface area (TPSA) is 20.9 Å². The lowest BCUT2D eigenvalue weighted by atomic mass is 9.86. The molecule has 0 unspecified atom stereocenters. The average Bonchev–Trinajstić information content (AvgIpc) is 2.76. The Labute approximate surface area is 165 Å². The Kier molecular flexibility index (Phi) is 5.39. The minimum Gasteiger partial charge on any atom is -0.287 e. The zero-order valence-electron chi connectivity index (χ0n) is 15.6. The van der Waals surface area contributed by atoms with Gasteiger partial charge >= 0.3 is 0 Å². The number of benzene rings is 3. The van der Waals surface area contributed by atoms with Crippen molar-refractivity contribution in [2.75, 3.05) is 0 Å². The molecule has 0 saturated carbocycles. The van der Waals surface area contributed by atoms with Gasteiger partial charge in [0, 0.05) is 23.1 Å². The molecule has 2 heteroatoms. The average molecular weight is 364 g/mol. The third kappa shape index (κ3) is 4.07.